The zero-order chi connectivity index (χ0) is 50.1. The summed E-state index contributed by atoms with van der Waals surface area (Å²) in [6.07, 6.45) is -4.13. The molecule has 22 N–H and O–H groups in total. The summed E-state index contributed by atoms with van der Waals surface area (Å²) in [6.45, 7) is 7.30. The Labute approximate surface area is 376 Å². The number of nitrogens with one attached hydrogen (secondary N) is 7. The van der Waals surface area contributed by atoms with Crippen LogP contribution in [0.2, 0.25) is 0 Å². The van der Waals surface area contributed by atoms with Gasteiger partial charge in [0.25, 0.3) is 0 Å². The number of nitrogens with zero attached hydrogens (tertiary/aromatic N) is 1. The number of hydrogen-bond donors (Lipinski definition) is 16. The van der Waals surface area contributed by atoms with Crippen LogP contribution in [0.15, 0.2) is 4.99 Å². The number of aliphatic imine (C=N–C) groups is 1. The summed E-state index contributed by atoms with van der Waals surface area (Å²) in [5.41, 5.74) is 32.8. The molecule has 9 amide bonds. The maximum atomic E-state index is 13.9. The second-order valence-electron chi connectivity index (χ2n) is 15.9. The number of aliphatic carboxylic acids is 1. The van der Waals surface area contributed by atoms with Crippen molar-refractivity contribution in [3.63, 3.8) is 0 Å². The Bertz CT molecular complexity index is 1680. The van der Waals surface area contributed by atoms with E-state index >= 15 is 0 Å². The first-order valence-corrected chi connectivity index (χ1v) is 21.0. The van der Waals surface area contributed by atoms with Crippen molar-refractivity contribution in [2.45, 2.75) is 153 Å². The van der Waals surface area contributed by atoms with Crippen molar-refractivity contribution in [2.75, 3.05) is 13.1 Å². The smallest absolute Gasteiger partial charge is 0.326 e. The average molecular weight is 931 g/mol. The molecule has 370 valence electrons. The first kappa shape index (κ1) is 58.8. The summed E-state index contributed by atoms with van der Waals surface area (Å²) in [4.78, 5) is 133. The molecule has 0 radical (unpaired) electrons. The lowest BCUT2D eigenvalue weighted by Gasteiger charge is -2.28. The minimum Gasteiger partial charge on any atom is -0.480 e. The predicted molar refractivity (Wildman–Crippen MR) is 233 cm³/mol. The Balaban J connectivity index is 6.64. The van der Waals surface area contributed by atoms with Gasteiger partial charge >= 0.3 is 5.97 Å². The molecule has 0 heterocycles. The largest absolute Gasteiger partial charge is 0.480 e. The molecule has 10 atom stereocenters. The van der Waals surface area contributed by atoms with Crippen molar-refractivity contribution in [2.24, 2.45) is 45.3 Å². The second-order valence-corrected chi connectivity index (χ2v) is 15.9. The topological polar surface area (TPSA) is 484 Å². The number of unbranched alkanes of at least 4 members (excludes halogenated alkanes) is 1. The Morgan fingerprint density at radius 2 is 1.02 bits per heavy atom. The monoisotopic (exact) mass is 931 g/mol. The van der Waals surface area contributed by atoms with E-state index in [9.17, 15) is 63.3 Å². The standard InChI is InChI=1S/C38H70N14O13/c1-17(2)15-25(37(64)65)51-30(57)18(3)46-31(58)21(9-6-7-13-39)47-33(60)23(11-12-26(40)55)49-32(59)22(10-8-14-45-38(43)44)48-34(61)24(16-27(41)56)50-36(63)29(20(5)54)52-35(62)28(42)19(4)53/h17-25,28-29,53-54H,6-16,39,42H2,1-5H3,(H2,40,55)(H2,41,56)(H,46,58)(H,47,60)(H,48,61)(H,49,59)(H,50,63)(H,51,57)(H,52,62)(H,64,65)(H4,43,44,45)/t18-,19+,20+,21-,22-,23-,24-,25-,28-,29-/m0/s1. The number of primary amides is 2. The van der Waals surface area contributed by atoms with Gasteiger partial charge in [0.15, 0.2) is 5.96 Å². The SMILES string of the molecule is CC(C)C[C@H](NC(=O)[C@H](C)NC(=O)[C@H](CCCCN)NC(=O)[C@H](CCC(N)=O)NC(=O)[C@H](CCCN=C(N)N)NC(=O)[C@H](CC(N)=O)NC(=O)[C@@H](NC(=O)[C@@H](N)[C@@H](C)O)[C@@H](C)O)C(=O)O. The molecule has 0 aliphatic rings. The van der Waals surface area contributed by atoms with E-state index in [-0.39, 0.29) is 50.7 Å². The van der Waals surface area contributed by atoms with Crippen LogP contribution in [-0.4, -0.2) is 154 Å². The fourth-order valence-electron chi connectivity index (χ4n) is 5.82. The number of carbonyl (C=O) groups excluding carboxylic acids is 9. The van der Waals surface area contributed by atoms with Crippen LogP contribution in [-0.2, 0) is 47.9 Å². The Hall–Kier alpha value is -6.19. The van der Waals surface area contributed by atoms with Crippen molar-refractivity contribution in [3.05, 3.63) is 0 Å². The molecule has 0 unspecified atom stereocenters. The normalized spacial score (nSPS) is 15.7. The highest BCUT2D eigenvalue weighted by Crippen LogP contribution is 2.09. The molecule has 0 aromatic heterocycles. The molecule has 0 fully saturated rings. The van der Waals surface area contributed by atoms with Crippen LogP contribution in [0.1, 0.15) is 92.4 Å². The molecule has 27 heteroatoms. The van der Waals surface area contributed by atoms with Gasteiger partial charge in [-0.1, -0.05) is 13.8 Å². The lowest BCUT2D eigenvalue weighted by Crippen LogP contribution is -2.62. The van der Waals surface area contributed by atoms with Gasteiger partial charge in [0.2, 0.25) is 53.2 Å². The molecule has 0 aromatic rings. The molecule has 0 saturated carbocycles. The fraction of sp³-hybridized carbons (Fsp3) is 0.711. The number of hydrogen-bond acceptors (Lipinski definition) is 15. The molecule has 0 aliphatic heterocycles. The van der Waals surface area contributed by atoms with E-state index in [4.69, 9.17) is 34.4 Å². The highest BCUT2D eigenvalue weighted by molar-refractivity contribution is 5.99. The van der Waals surface area contributed by atoms with E-state index in [0.717, 1.165) is 6.92 Å². The minimum absolute atomic E-state index is 0.0146. The van der Waals surface area contributed by atoms with Crippen molar-refractivity contribution >= 4 is 65.1 Å². The number of amides is 9. The van der Waals surface area contributed by atoms with Crippen LogP contribution < -0.4 is 71.6 Å². The molecular weight excluding hydrogens is 861 g/mol. The zero-order valence-electron chi connectivity index (χ0n) is 37.5. The van der Waals surface area contributed by atoms with E-state index < -0.39 is 139 Å². The van der Waals surface area contributed by atoms with Gasteiger partial charge in [0.1, 0.15) is 48.3 Å². The van der Waals surface area contributed by atoms with Gasteiger partial charge in [0, 0.05) is 13.0 Å². The first-order chi connectivity index (χ1) is 30.2. The Kier molecular flexibility index (Phi) is 27.2. The maximum absolute atomic E-state index is 13.9. The van der Waals surface area contributed by atoms with E-state index in [1.165, 1.54) is 13.8 Å². The third kappa shape index (κ3) is 23.9. The Morgan fingerprint density at radius 1 is 0.538 bits per heavy atom. The molecule has 0 saturated heterocycles. The van der Waals surface area contributed by atoms with Crippen molar-refractivity contribution in [3.8, 4) is 0 Å². The van der Waals surface area contributed by atoms with Crippen molar-refractivity contribution in [1.82, 2.24) is 37.2 Å². The first-order valence-electron chi connectivity index (χ1n) is 21.0. The van der Waals surface area contributed by atoms with Crippen LogP contribution in [0.25, 0.3) is 0 Å². The quantitative estimate of drug-likeness (QED) is 0.0169. The van der Waals surface area contributed by atoms with Crippen molar-refractivity contribution in [1.29, 1.82) is 0 Å². The third-order valence-electron chi connectivity index (χ3n) is 9.47. The molecular formula is C38H70N14O13. The number of rotatable bonds is 32. The zero-order valence-corrected chi connectivity index (χ0v) is 37.5. The van der Waals surface area contributed by atoms with Gasteiger partial charge in [-0.15, -0.1) is 0 Å². The molecule has 0 spiro atoms. The van der Waals surface area contributed by atoms with Gasteiger partial charge in [-0.05, 0) is 78.2 Å². The Morgan fingerprint density at radius 3 is 1.46 bits per heavy atom. The summed E-state index contributed by atoms with van der Waals surface area (Å²) in [7, 11) is 0. The van der Waals surface area contributed by atoms with Crippen LogP contribution in [0.4, 0.5) is 0 Å². The van der Waals surface area contributed by atoms with Gasteiger partial charge in [-0.25, -0.2) is 4.79 Å². The molecule has 0 aliphatic carbocycles. The lowest BCUT2D eigenvalue weighted by molar-refractivity contribution is -0.142. The molecule has 0 aromatic carbocycles. The molecule has 0 bridgehead atoms. The summed E-state index contributed by atoms with van der Waals surface area (Å²) >= 11 is 0. The number of carboxylic acid groups (broad SMARTS) is 1. The number of carboxylic acids is 1. The van der Waals surface area contributed by atoms with Gasteiger partial charge in [-0.3, -0.25) is 48.1 Å². The molecule has 65 heavy (non-hydrogen) atoms. The summed E-state index contributed by atoms with van der Waals surface area (Å²) in [6, 6.07) is -12.2. The third-order valence-corrected chi connectivity index (χ3v) is 9.47. The number of guanidine groups is 1. The summed E-state index contributed by atoms with van der Waals surface area (Å²) in [5, 5.41) is 45.9. The number of aliphatic hydroxyl groups excluding tert-OH is 2. The lowest BCUT2D eigenvalue weighted by atomic mass is 10.0. The van der Waals surface area contributed by atoms with Crippen LogP contribution in [0.5, 0.6) is 0 Å². The van der Waals surface area contributed by atoms with Gasteiger partial charge in [0.05, 0.1) is 18.6 Å². The maximum Gasteiger partial charge on any atom is 0.326 e. The summed E-state index contributed by atoms with van der Waals surface area (Å²) < 4.78 is 0. The highest BCUT2D eigenvalue weighted by atomic mass is 16.4. The predicted octanol–water partition coefficient (Wildman–Crippen LogP) is -7.06. The van der Waals surface area contributed by atoms with E-state index in [2.05, 4.69) is 42.2 Å². The fourth-order valence-corrected chi connectivity index (χ4v) is 5.82. The van der Waals surface area contributed by atoms with E-state index in [1.54, 1.807) is 13.8 Å². The molecule has 27 nitrogen and oxygen atoms in total. The second kappa shape index (κ2) is 30.0. The highest BCUT2D eigenvalue weighted by Gasteiger charge is 2.35. The van der Waals surface area contributed by atoms with Gasteiger partial charge in [-0.2, -0.15) is 0 Å². The van der Waals surface area contributed by atoms with Crippen LogP contribution in [0, 0.1) is 5.92 Å². The van der Waals surface area contributed by atoms with Crippen molar-refractivity contribution < 1.29 is 63.3 Å². The minimum atomic E-state index is -1.83. The number of aliphatic hydroxyl groups is 2. The number of carbonyl (C=O) groups is 10. The van der Waals surface area contributed by atoms with Crippen LogP contribution >= 0.6 is 0 Å². The van der Waals surface area contributed by atoms with E-state index in [1.807, 2.05) is 0 Å². The summed E-state index contributed by atoms with van der Waals surface area (Å²) in [5.74, 6) is -10.8. The van der Waals surface area contributed by atoms with Crippen LogP contribution in [0.3, 0.4) is 0 Å². The average Bonchev–Trinajstić information content (AvgIpc) is 3.19. The van der Waals surface area contributed by atoms with E-state index in [0.29, 0.717) is 12.8 Å². The van der Waals surface area contributed by atoms with Gasteiger partial charge < -0.3 is 86.9 Å². The molecule has 0 rings (SSSR count). The number of nitrogens with two attached hydrogens (primary N) is 6.